The molecule has 66 valence electrons. The molecule has 3 nitrogen and oxygen atoms in total. The van der Waals surface area contributed by atoms with E-state index in [1.807, 2.05) is 0 Å². The molecule has 0 amide bonds. The molecule has 1 aliphatic rings. The van der Waals surface area contributed by atoms with Gasteiger partial charge in [-0.05, 0) is 26.5 Å². The van der Waals surface area contributed by atoms with Crippen LogP contribution < -0.4 is 5.84 Å². The van der Waals surface area contributed by atoms with Crippen molar-refractivity contribution >= 4 is 7.85 Å². The highest BCUT2D eigenvalue weighted by Crippen LogP contribution is 2.21. The first-order chi connectivity index (χ1) is 5.65. The van der Waals surface area contributed by atoms with E-state index in [-0.39, 0.29) is 0 Å². The van der Waals surface area contributed by atoms with Crippen molar-refractivity contribution in [3.05, 3.63) is 12.3 Å². The van der Waals surface area contributed by atoms with E-state index in [1.165, 1.54) is 5.01 Å². The summed E-state index contributed by atoms with van der Waals surface area (Å²) in [6.45, 7) is 6.11. The predicted molar refractivity (Wildman–Crippen MR) is 51.4 cm³/mol. The molecule has 1 fully saturated rings. The first kappa shape index (κ1) is 9.61. The Kier molecular flexibility index (Phi) is 3.17. The van der Waals surface area contributed by atoms with Crippen LogP contribution in [0.25, 0.3) is 0 Å². The zero-order valence-corrected chi connectivity index (χ0v) is 7.66. The summed E-state index contributed by atoms with van der Waals surface area (Å²) in [5, 5.41) is 1.53. The molecule has 0 saturated carbocycles. The summed E-state index contributed by atoms with van der Waals surface area (Å²) in [5.74, 6) is 6.12. The Bertz CT molecular complexity index is 172. The van der Waals surface area contributed by atoms with Crippen LogP contribution in [0.4, 0.5) is 0 Å². The van der Waals surface area contributed by atoms with E-state index >= 15 is 0 Å². The Morgan fingerprint density at radius 2 is 2.50 bits per heavy atom. The second-order valence-corrected chi connectivity index (χ2v) is 3.39. The normalized spacial score (nSPS) is 24.3. The van der Waals surface area contributed by atoms with E-state index in [2.05, 4.69) is 18.5 Å². The van der Waals surface area contributed by atoms with E-state index in [0.717, 1.165) is 25.2 Å². The topological polar surface area (TPSA) is 32.5 Å². The minimum Gasteiger partial charge on any atom is -0.324 e. The summed E-state index contributed by atoms with van der Waals surface area (Å²) in [5.41, 5.74) is 0.960. The van der Waals surface area contributed by atoms with Crippen LogP contribution in [0.3, 0.4) is 0 Å². The Hall–Kier alpha value is -0.475. The molecule has 0 aromatic heterocycles. The summed E-state index contributed by atoms with van der Waals surface area (Å²) in [6, 6.07) is 0. The molecular weight excluding hydrogens is 149 g/mol. The van der Waals surface area contributed by atoms with Crippen LogP contribution in [0.1, 0.15) is 6.42 Å². The Labute approximate surface area is 75.6 Å². The molecule has 1 saturated heterocycles. The number of likely N-dealkylation sites (tertiary alicyclic amines) is 1. The average Bonchev–Trinajstić information content (AvgIpc) is 2.49. The summed E-state index contributed by atoms with van der Waals surface area (Å²) >= 11 is 0. The highest BCUT2D eigenvalue weighted by Gasteiger charge is 2.23. The zero-order chi connectivity index (χ0) is 9.14. The first-order valence-corrected chi connectivity index (χ1v) is 4.24. The van der Waals surface area contributed by atoms with Gasteiger partial charge >= 0.3 is 0 Å². The van der Waals surface area contributed by atoms with Crippen molar-refractivity contribution in [3.8, 4) is 0 Å². The predicted octanol–water partition coefficient (Wildman–Crippen LogP) is -0.246. The molecule has 0 aromatic rings. The van der Waals surface area contributed by atoms with Gasteiger partial charge in [0.1, 0.15) is 0 Å². The molecule has 0 aromatic carbocycles. The molecule has 2 radical (unpaired) electrons. The fourth-order valence-electron chi connectivity index (χ4n) is 1.56. The van der Waals surface area contributed by atoms with Gasteiger partial charge in [-0.1, -0.05) is 6.58 Å². The monoisotopic (exact) mass is 165 g/mol. The van der Waals surface area contributed by atoms with Crippen molar-refractivity contribution in [2.45, 2.75) is 6.42 Å². The van der Waals surface area contributed by atoms with Gasteiger partial charge in [-0.25, -0.2) is 5.84 Å². The summed E-state index contributed by atoms with van der Waals surface area (Å²) < 4.78 is 0. The molecule has 1 unspecified atom stereocenters. The van der Waals surface area contributed by atoms with Crippen LogP contribution in [0, 0.1) is 5.92 Å². The van der Waals surface area contributed by atoms with Crippen molar-refractivity contribution in [2.24, 2.45) is 11.8 Å². The molecular formula is C8H16BN3. The van der Waals surface area contributed by atoms with Crippen LogP contribution in [-0.4, -0.2) is 44.3 Å². The van der Waals surface area contributed by atoms with Gasteiger partial charge in [0.2, 0.25) is 0 Å². The van der Waals surface area contributed by atoms with Crippen molar-refractivity contribution in [2.75, 3.05) is 26.6 Å². The molecule has 1 rings (SSSR count). The van der Waals surface area contributed by atoms with E-state index in [0.29, 0.717) is 12.4 Å². The smallest absolute Gasteiger partial charge is 0.0965 e. The third-order valence-electron chi connectivity index (χ3n) is 2.43. The lowest BCUT2D eigenvalue weighted by molar-refractivity contribution is 0.343. The van der Waals surface area contributed by atoms with Gasteiger partial charge in [0.05, 0.1) is 7.85 Å². The molecule has 1 heterocycles. The molecule has 0 aliphatic carbocycles. The Morgan fingerprint density at radius 1 is 1.83 bits per heavy atom. The van der Waals surface area contributed by atoms with Crippen LogP contribution in [0.2, 0.25) is 0 Å². The molecule has 1 aliphatic heterocycles. The highest BCUT2D eigenvalue weighted by atomic mass is 15.4. The molecule has 0 spiro atoms. The lowest BCUT2D eigenvalue weighted by Gasteiger charge is -2.24. The number of hydrogen-bond donors (Lipinski definition) is 1. The van der Waals surface area contributed by atoms with E-state index < -0.39 is 0 Å². The second-order valence-electron chi connectivity index (χ2n) is 3.39. The summed E-state index contributed by atoms with van der Waals surface area (Å²) in [4.78, 5) is 2.28. The third kappa shape index (κ3) is 2.02. The van der Waals surface area contributed by atoms with Crippen LogP contribution in [-0.2, 0) is 0 Å². The molecule has 12 heavy (non-hydrogen) atoms. The number of rotatable bonds is 3. The maximum Gasteiger partial charge on any atom is 0.0965 e. The summed E-state index contributed by atoms with van der Waals surface area (Å²) in [6.07, 6.45) is 1.49. The highest BCUT2D eigenvalue weighted by molar-refractivity contribution is 6.08. The summed E-state index contributed by atoms with van der Waals surface area (Å²) in [7, 11) is 7.51. The van der Waals surface area contributed by atoms with Crippen molar-refractivity contribution in [3.63, 3.8) is 0 Å². The molecule has 0 bridgehead atoms. The fourth-order valence-corrected chi connectivity index (χ4v) is 1.56. The van der Waals surface area contributed by atoms with Gasteiger partial charge in [0, 0.05) is 18.2 Å². The lowest BCUT2D eigenvalue weighted by atomic mass is 10.0. The molecule has 1 atom stereocenters. The molecule has 2 N–H and O–H groups in total. The zero-order valence-electron chi connectivity index (χ0n) is 7.66. The number of nitrogens with zero attached hydrogens (tertiary/aromatic N) is 2. The van der Waals surface area contributed by atoms with Crippen LogP contribution in [0.5, 0.6) is 0 Å². The Balaban J connectivity index is 2.43. The van der Waals surface area contributed by atoms with E-state index in [1.54, 1.807) is 0 Å². The van der Waals surface area contributed by atoms with Crippen molar-refractivity contribution in [1.82, 2.24) is 9.91 Å². The van der Waals surface area contributed by atoms with Gasteiger partial charge in [-0.15, -0.1) is 0 Å². The van der Waals surface area contributed by atoms with Crippen LogP contribution in [0.15, 0.2) is 12.3 Å². The van der Waals surface area contributed by atoms with Crippen molar-refractivity contribution < 1.29 is 0 Å². The molecule has 4 heteroatoms. The average molecular weight is 165 g/mol. The quantitative estimate of drug-likeness (QED) is 0.355. The lowest BCUT2D eigenvalue weighted by Crippen LogP contribution is -2.34. The van der Waals surface area contributed by atoms with Gasteiger partial charge in [0.25, 0.3) is 0 Å². The van der Waals surface area contributed by atoms with Crippen LogP contribution >= 0.6 is 0 Å². The van der Waals surface area contributed by atoms with Gasteiger partial charge < -0.3 is 9.91 Å². The second kappa shape index (κ2) is 3.96. The van der Waals surface area contributed by atoms with E-state index in [9.17, 15) is 0 Å². The maximum absolute atomic E-state index is 5.63. The maximum atomic E-state index is 5.63. The first-order valence-electron chi connectivity index (χ1n) is 4.24. The van der Waals surface area contributed by atoms with Gasteiger partial charge in [0.15, 0.2) is 0 Å². The number of nitrogens with two attached hydrogens (primary N) is 1. The minimum absolute atomic E-state index is 0.346. The van der Waals surface area contributed by atoms with E-state index in [4.69, 9.17) is 13.7 Å². The largest absolute Gasteiger partial charge is 0.324 e. The minimum atomic E-state index is 0.346. The van der Waals surface area contributed by atoms with Gasteiger partial charge in [-0.2, -0.15) is 0 Å². The Morgan fingerprint density at radius 3 is 2.92 bits per heavy atom. The van der Waals surface area contributed by atoms with Crippen molar-refractivity contribution in [1.29, 1.82) is 0 Å². The SMILES string of the molecule is [B]CN(N)C(=C)C1CCN(C)C1. The third-order valence-corrected chi connectivity index (χ3v) is 2.43. The number of hydrogen-bond acceptors (Lipinski definition) is 3. The standard InChI is InChI=1S/C8H16BN3/c1-7(12(10)6-9)8-3-4-11(2)5-8/h8H,1,3-6,10H2,2H3. The van der Waals surface area contributed by atoms with Gasteiger partial charge in [-0.3, -0.25) is 0 Å². The fraction of sp³-hybridized carbons (Fsp3) is 0.750. The number of hydrazine groups is 1.